The molecule has 39 heavy (non-hydrogen) atoms. The third-order valence-electron chi connectivity index (χ3n) is 6.32. The maximum atomic E-state index is 13.0. The van der Waals surface area contributed by atoms with Crippen LogP contribution in [0.3, 0.4) is 0 Å². The fraction of sp³-hybridized carbons (Fsp3) is 0.448. The summed E-state index contributed by atoms with van der Waals surface area (Å²) in [7, 11) is 0. The average molecular weight is 549 g/mol. The van der Waals surface area contributed by atoms with Crippen LogP contribution < -0.4 is 10.2 Å². The van der Waals surface area contributed by atoms with Gasteiger partial charge in [-0.05, 0) is 63.8 Å². The number of azo groups is 1. The summed E-state index contributed by atoms with van der Waals surface area (Å²) in [6.45, 7) is 9.39. The second kappa shape index (κ2) is 16.1. The molecule has 0 fully saturated rings. The molecule has 0 saturated heterocycles. The number of nitriles is 2. The number of carbonyl (C=O) groups is 2. The number of hydrogen-bond acceptors (Lipinski definition) is 8. The van der Waals surface area contributed by atoms with Gasteiger partial charge in [0.2, 0.25) is 5.91 Å². The zero-order valence-electron chi connectivity index (χ0n) is 23.0. The predicted molar refractivity (Wildman–Crippen MR) is 155 cm³/mol. The average Bonchev–Trinajstić information content (AvgIpc) is 3.24. The van der Waals surface area contributed by atoms with Crippen LogP contribution in [0.15, 0.2) is 40.6 Å². The number of nitrogens with one attached hydrogen (secondary N) is 1. The van der Waals surface area contributed by atoms with Crippen molar-refractivity contribution in [3.05, 3.63) is 46.4 Å². The van der Waals surface area contributed by atoms with Crippen LogP contribution in [0, 0.1) is 35.5 Å². The number of carboxylic acids is 1. The van der Waals surface area contributed by atoms with Crippen molar-refractivity contribution in [3.63, 3.8) is 0 Å². The molecule has 2 N–H and O–H groups in total. The zero-order valence-corrected chi connectivity index (χ0v) is 23.8. The van der Waals surface area contributed by atoms with Gasteiger partial charge in [0.05, 0.1) is 17.2 Å². The fourth-order valence-electron chi connectivity index (χ4n) is 3.99. The van der Waals surface area contributed by atoms with E-state index in [1.165, 1.54) is 0 Å². The lowest BCUT2D eigenvalue weighted by Gasteiger charge is -2.22. The Kier molecular flexibility index (Phi) is 12.8. The molecule has 1 amide bonds. The molecule has 0 bridgehead atoms. The predicted octanol–water partition coefficient (Wildman–Crippen LogP) is 7.62. The molecule has 1 atom stereocenters. The van der Waals surface area contributed by atoms with E-state index in [-0.39, 0.29) is 18.4 Å². The number of thiophene rings is 1. The van der Waals surface area contributed by atoms with Gasteiger partial charge >= 0.3 is 5.97 Å². The lowest BCUT2D eigenvalue weighted by Crippen LogP contribution is -2.23. The minimum Gasteiger partial charge on any atom is -0.481 e. The van der Waals surface area contributed by atoms with Gasteiger partial charge in [0.15, 0.2) is 5.00 Å². The molecular formula is C29H36N6O3S. The Morgan fingerprint density at radius 3 is 2.49 bits per heavy atom. The van der Waals surface area contributed by atoms with Gasteiger partial charge in [-0.25, -0.2) is 0 Å². The molecule has 206 valence electrons. The van der Waals surface area contributed by atoms with Crippen LogP contribution in [0.4, 0.5) is 22.1 Å². The highest BCUT2D eigenvalue weighted by atomic mass is 32.1. The van der Waals surface area contributed by atoms with E-state index in [0.29, 0.717) is 26.8 Å². The number of unbranched alkanes of at least 4 members (excludes halogenated alkanes) is 3. The maximum absolute atomic E-state index is 13.0. The Morgan fingerprint density at radius 1 is 1.13 bits per heavy atom. The van der Waals surface area contributed by atoms with E-state index in [1.54, 1.807) is 19.1 Å². The minimum absolute atomic E-state index is 0.186. The molecule has 9 nitrogen and oxygen atoms in total. The van der Waals surface area contributed by atoms with Crippen LogP contribution in [0.5, 0.6) is 0 Å². The number of rotatable bonds is 15. The quantitative estimate of drug-likeness (QED) is 0.133. The number of carbonyl (C=O) groups excluding carboxylic acids is 1. The molecular weight excluding hydrogens is 512 g/mol. The van der Waals surface area contributed by atoms with Crippen LogP contribution in [-0.2, 0) is 9.59 Å². The molecule has 2 aromatic rings. The van der Waals surface area contributed by atoms with E-state index in [9.17, 15) is 25.2 Å². The molecule has 0 saturated carbocycles. The van der Waals surface area contributed by atoms with E-state index >= 15 is 0 Å². The van der Waals surface area contributed by atoms with Crippen molar-refractivity contribution < 1.29 is 14.7 Å². The van der Waals surface area contributed by atoms with Crippen molar-refractivity contribution in [3.8, 4) is 12.1 Å². The highest BCUT2D eigenvalue weighted by Gasteiger charge is 2.21. The van der Waals surface area contributed by atoms with Crippen molar-refractivity contribution in [2.75, 3.05) is 23.3 Å². The molecule has 0 radical (unpaired) electrons. The van der Waals surface area contributed by atoms with Gasteiger partial charge in [-0.15, -0.1) is 21.6 Å². The second-order valence-corrected chi connectivity index (χ2v) is 10.0. The van der Waals surface area contributed by atoms with Crippen LogP contribution in [0.2, 0.25) is 0 Å². The highest BCUT2D eigenvalue weighted by molar-refractivity contribution is 7.16. The van der Waals surface area contributed by atoms with Gasteiger partial charge in [-0.2, -0.15) is 10.5 Å². The number of benzene rings is 1. The van der Waals surface area contributed by atoms with E-state index in [4.69, 9.17) is 0 Å². The summed E-state index contributed by atoms with van der Waals surface area (Å²) >= 11 is 1.08. The lowest BCUT2D eigenvalue weighted by atomic mass is 10.0. The molecule has 1 unspecified atom stereocenters. The normalized spacial score (nSPS) is 11.8. The Balaban J connectivity index is 2.30. The lowest BCUT2D eigenvalue weighted by molar-refractivity contribution is -0.143. The molecule has 0 aliphatic rings. The van der Waals surface area contributed by atoms with Gasteiger partial charge < -0.3 is 15.3 Å². The molecule has 10 heteroatoms. The Labute approximate surface area is 234 Å². The van der Waals surface area contributed by atoms with Crippen molar-refractivity contribution >= 4 is 45.3 Å². The Bertz CT molecular complexity index is 1280. The summed E-state index contributed by atoms with van der Waals surface area (Å²) in [6.07, 6.45) is 8.12. The molecule has 1 heterocycles. The first kappa shape index (κ1) is 31.2. The molecule has 0 aliphatic heterocycles. The zero-order chi connectivity index (χ0) is 28.8. The fourth-order valence-corrected chi connectivity index (χ4v) is 4.87. The molecule has 0 aliphatic carbocycles. The standard InChI is InChI=1S/C29H36N6O3S/c1-5-8-9-10-11-12-13-21(29(37)38)16-27(36)32-25-17-22(35(6-2)7-3)14-15-24(25)33-34-28-23(18-30)20(4)26(19-31)39-28/h11-12,14-15,17,21H,5-10,13,16H2,1-4H3,(H,32,36)(H,37,38)/b12-11+,34-33?. The number of carboxylic acid groups (broad SMARTS) is 1. The largest absolute Gasteiger partial charge is 0.481 e. The van der Waals surface area contributed by atoms with Crippen molar-refractivity contribution in [1.82, 2.24) is 0 Å². The van der Waals surface area contributed by atoms with Gasteiger partial charge in [0, 0.05) is 25.2 Å². The molecule has 1 aromatic carbocycles. The minimum atomic E-state index is -1.02. The van der Waals surface area contributed by atoms with Gasteiger partial charge in [0.1, 0.15) is 22.7 Å². The Morgan fingerprint density at radius 2 is 1.87 bits per heavy atom. The number of amides is 1. The van der Waals surface area contributed by atoms with Crippen LogP contribution in [-0.4, -0.2) is 30.1 Å². The number of allylic oxidation sites excluding steroid dienone is 2. The SMILES string of the molecule is CCCCC/C=C/CC(CC(=O)Nc1cc(N(CC)CC)ccc1N=Nc1sc(C#N)c(C)c1C#N)C(=O)O. The first-order valence-corrected chi connectivity index (χ1v) is 14.0. The summed E-state index contributed by atoms with van der Waals surface area (Å²) in [6, 6.07) is 9.51. The number of anilines is 2. The van der Waals surface area contributed by atoms with E-state index < -0.39 is 17.8 Å². The molecule has 1 aromatic heterocycles. The summed E-state index contributed by atoms with van der Waals surface area (Å²) in [5.74, 6) is -2.31. The number of nitrogens with zero attached hydrogens (tertiary/aromatic N) is 5. The number of hydrogen-bond donors (Lipinski definition) is 2. The van der Waals surface area contributed by atoms with Crippen LogP contribution in [0.1, 0.15) is 75.3 Å². The maximum Gasteiger partial charge on any atom is 0.307 e. The summed E-state index contributed by atoms with van der Waals surface area (Å²) in [5.41, 5.74) is 2.46. The van der Waals surface area contributed by atoms with Crippen molar-refractivity contribution in [2.24, 2.45) is 16.1 Å². The van der Waals surface area contributed by atoms with Gasteiger partial charge in [-0.3, -0.25) is 9.59 Å². The molecule has 0 spiro atoms. The topological polar surface area (TPSA) is 142 Å². The third kappa shape index (κ3) is 9.05. The smallest absolute Gasteiger partial charge is 0.307 e. The van der Waals surface area contributed by atoms with Crippen LogP contribution in [0.25, 0.3) is 0 Å². The summed E-state index contributed by atoms with van der Waals surface area (Å²) < 4.78 is 0. The van der Waals surface area contributed by atoms with Crippen molar-refractivity contribution in [2.45, 2.75) is 66.2 Å². The second-order valence-electron chi connectivity index (χ2n) is 9.02. The van der Waals surface area contributed by atoms with E-state index in [1.807, 2.05) is 32.1 Å². The van der Waals surface area contributed by atoms with E-state index in [0.717, 1.165) is 55.8 Å². The van der Waals surface area contributed by atoms with Gasteiger partial charge in [-0.1, -0.05) is 31.9 Å². The molecule has 2 rings (SSSR count). The number of aliphatic carboxylic acids is 1. The van der Waals surface area contributed by atoms with Crippen molar-refractivity contribution in [1.29, 1.82) is 10.5 Å². The monoisotopic (exact) mass is 548 g/mol. The summed E-state index contributed by atoms with van der Waals surface area (Å²) in [4.78, 5) is 27.3. The van der Waals surface area contributed by atoms with Crippen LogP contribution >= 0.6 is 11.3 Å². The highest BCUT2D eigenvalue weighted by Crippen LogP contribution is 2.37. The summed E-state index contributed by atoms with van der Waals surface area (Å²) in [5, 5.41) is 40.1. The van der Waals surface area contributed by atoms with E-state index in [2.05, 4.69) is 39.5 Å². The third-order valence-corrected chi connectivity index (χ3v) is 7.40. The first-order chi connectivity index (χ1) is 18.8. The first-order valence-electron chi connectivity index (χ1n) is 13.2. The van der Waals surface area contributed by atoms with Gasteiger partial charge in [0.25, 0.3) is 0 Å². The Hall–Kier alpha value is -4.02.